The van der Waals surface area contributed by atoms with Gasteiger partial charge >= 0.3 is 0 Å². The van der Waals surface area contributed by atoms with Gasteiger partial charge in [0.25, 0.3) is 26.1 Å². The van der Waals surface area contributed by atoms with E-state index in [1.165, 1.54) is 24.3 Å². The number of anilines is 2. The third kappa shape index (κ3) is 4.14. The molecule has 0 bridgehead atoms. The Balaban J connectivity index is 2.23. The molecule has 0 aromatic heterocycles. The molecular formula is C17H14N2O8S2. The van der Waals surface area contributed by atoms with Crippen LogP contribution in [0.5, 0.6) is 5.75 Å². The fraction of sp³-hybridized carbons (Fsp3) is 0. The summed E-state index contributed by atoms with van der Waals surface area (Å²) >= 11 is 0. The first-order valence-corrected chi connectivity index (χ1v) is 10.7. The van der Waals surface area contributed by atoms with Crippen molar-refractivity contribution < 1.29 is 35.8 Å². The number of carbonyl (C=O) groups is 1. The van der Waals surface area contributed by atoms with E-state index < -0.39 is 41.7 Å². The molecule has 3 aromatic carbocycles. The van der Waals surface area contributed by atoms with E-state index in [1.54, 1.807) is 0 Å². The number of hydrogen-bond acceptors (Lipinski definition) is 7. The molecule has 0 spiro atoms. The molecule has 0 aliphatic rings. The van der Waals surface area contributed by atoms with Crippen molar-refractivity contribution in [3.8, 4) is 5.75 Å². The number of nitrogens with two attached hydrogens (primary N) is 1. The van der Waals surface area contributed by atoms with E-state index in [0.717, 1.165) is 24.3 Å². The summed E-state index contributed by atoms with van der Waals surface area (Å²) in [6.45, 7) is 0. The van der Waals surface area contributed by atoms with Gasteiger partial charge in [0.05, 0.1) is 10.6 Å². The summed E-state index contributed by atoms with van der Waals surface area (Å²) < 4.78 is 64.6. The van der Waals surface area contributed by atoms with Crippen LogP contribution in [0.1, 0.15) is 10.4 Å². The predicted molar refractivity (Wildman–Crippen MR) is 104 cm³/mol. The van der Waals surface area contributed by atoms with Gasteiger partial charge in [0.1, 0.15) is 10.6 Å². The maximum absolute atomic E-state index is 12.5. The van der Waals surface area contributed by atoms with E-state index in [1.807, 2.05) is 0 Å². The van der Waals surface area contributed by atoms with Crippen molar-refractivity contribution in [1.29, 1.82) is 0 Å². The molecule has 3 aromatic rings. The van der Waals surface area contributed by atoms with Gasteiger partial charge in [-0.1, -0.05) is 6.07 Å². The molecule has 0 aliphatic carbocycles. The van der Waals surface area contributed by atoms with Crippen molar-refractivity contribution >= 4 is 48.3 Å². The summed E-state index contributed by atoms with van der Waals surface area (Å²) in [6, 6.07) is 9.61. The largest absolute Gasteiger partial charge is 0.506 e. The van der Waals surface area contributed by atoms with E-state index in [0.29, 0.717) is 5.69 Å². The molecule has 10 nitrogen and oxygen atoms in total. The quantitative estimate of drug-likeness (QED) is 0.299. The fourth-order valence-corrected chi connectivity index (χ4v) is 3.79. The second kappa shape index (κ2) is 7.00. The number of phenolic OH excluding ortho intramolecular Hbond substituents is 1. The molecular weight excluding hydrogens is 424 g/mol. The molecule has 0 atom stereocenters. The van der Waals surface area contributed by atoms with Crippen LogP contribution in [0, 0.1) is 0 Å². The van der Waals surface area contributed by atoms with E-state index in [4.69, 9.17) is 5.73 Å². The van der Waals surface area contributed by atoms with Crippen LogP contribution in [0.2, 0.25) is 0 Å². The number of phenols is 1. The number of hydrogen-bond donors (Lipinski definition) is 5. The first kappa shape index (κ1) is 20.5. The van der Waals surface area contributed by atoms with Gasteiger partial charge in [0, 0.05) is 22.0 Å². The van der Waals surface area contributed by atoms with Crippen molar-refractivity contribution in [3.05, 3.63) is 54.1 Å². The SMILES string of the molecule is Nc1ccc(C(=O)Nc2cc(S(=O)(=O)O)cc3c(O)c(S(=O)(=O)O)ccc23)cc1. The summed E-state index contributed by atoms with van der Waals surface area (Å²) in [5.41, 5.74) is 6.04. The van der Waals surface area contributed by atoms with Gasteiger partial charge in [-0.05, 0) is 42.5 Å². The smallest absolute Gasteiger partial charge is 0.298 e. The summed E-state index contributed by atoms with van der Waals surface area (Å²) in [4.78, 5) is 10.9. The van der Waals surface area contributed by atoms with E-state index in [9.17, 15) is 35.8 Å². The third-order valence-corrected chi connectivity index (χ3v) is 5.76. The molecule has 0 aliphatic heterocycles. The van der Waals surface area contributed by atoms with Gasteiger partial charge < -0.3 is 16.2 Å². The average molecular weight is 438 g/mol. The van der Waals surface area contributed by atoms with Gasteiger partial charge in [0.15, 0.2) is 0 Å². The first-order chi connectivity index (χ1) is 13.4. The highest BCUT2D eigenvalue weighted by Gasteiger charge is 2.22. The second-order valence-electron chi connectivity index (χ2n) is 6.00. The standard InChI is InChI=1S/C17H14N2O8S2/c18-10-3-1-9(2-4-10)17(21)19-14-8-11(28(22,23)24)7-13-12(14)5-6-15(16(13)20)29(25,26)27/h1-8,20H,18H2,(H,19,21)(H,22,23,24)(H,25,26,27). The zero-order chi connectivity index (χ0) is 21.6. The number of fused-ring (bicyclic) bond motifs is 1. The van der Waals surface area contributed by atoms with Crippen molar-refractivity contribution in [2.75, 3.05) is 11.1 Å². The van der Waals surface area contributed by atoms with Crippen LogP contribution >= 0.6 is 0 Å². The fourth-order valence-electron chi connectivity index (χ4n) is 2.66. The minimum Gasteiger partial charge on any atom is -0.506 e. The number of nitrogen functional groups attached to an aromatic ring is 1. The zero-order valence-corrected chi connectivity index (χ0v) is 16.0. The van der Waals surface area contributed by atoms with E-state index in [2.05, 4.69) is 5.32 Å². The van der Waals surface area contributed by atoms with Crippen LogP contribution in [-0.2, 0) is 20.2 Å². The van der Waals surface area contributed by atoms with Crippen LogP contribution in [0.3, 0.4) is 0 Å². The highest BCUT2D eigenvalue weighted by Crippen LogP contribution is 2.37. The lowest BCUT2D eigenvalue weighted by Gasteiger charge is -2.13. The molecule has 12 heteroatoms. The molecule has 0 unspecified atom stereocenters. The number of rotatable bonds is 4. The van der Waals surface area contributed by atoms with Crippen LogP contribution in [0.25, 0.3) is 10.8 Å². The van der Waals surface area contributed by atoms with Crippen LogP contribution < -0.4 is 11.1 Å². The lowest BCUT2D eigenvalue weighted by atomic mass is 10.1. The molecule has 0 saturated heterocycles. The van der Waals surface area contributed by atoms with Crippen molar-refractivity contribution in [1.82, 2.24) is 0 Å². The Bertz CT molecular complexity index is 1350. The Labute approximate surface area is 165 Å². The third-order valence-electron chi connectivity index (χ3n) is 4.04. The topological polar surface area (TPSA) is 184 Å². The summed E-state index contributed by atoms with van der Waals surface area (Å²) in [5, 5.41) is 12.4. The zero-order valence-electron chi connectivity index (χ0n) is 14.4. The highest BCUT2D eigenvalue weighted by molar-refractivity contribution is 7.86. The van der Waals surface area contributed by atoms with Gasteiger partial charge in [0.2, 0.25) is 0 Å². The van der Waals surface area contributed by atoms with Crippen molar-refractivity contribution in [2.24, 2.45) is 0 Å². The second-order valence-corrected chi connectivity index (χ2v) is 8.82. The number of nitrogens with one attached hydrogen (secondary N) is 1. The predicted octanol–water partition coefficient (Wildman–Crippen LogP) is 1.87. The van der Waals surface area contributed by atoms with Crippen LogP contribution in [0.4, 0.5) is 11.4 Å². The van der Waals surface area contributed by atoms with Gasteiger partial charge in [-0.2, -0.15) is 16.8 Å². The summed E-state index contributed by atoms with van der Waals surface area (Å²) in [5.74, 6) is -1.60. The van der Waals surface area contributed by atoms with Crippen LogP contribution in [0.15, 0.2) is 58.3 Å². The molecule has 3 rings (SSSR count). The Morgan fingerprint density at radius 1 is 0.862 bits per heavy atom. The molecule has 29 heavy (non-hydrogen) atoms. The first-order valence-electron chi connectivity index (χ1n) is 7.79. The molecule has 0 fully saturated rings. The minimum absolute atomic E-state index is 0.0612. The molecule has 0 heterocycles. The van der Waals surface area contributed by atoms with Crippen molar-refractivity contribution in [3.63, 3.8) is 0 Å². The number of benzene rings is 3. The molecule has 6 N–H and O–H groups in total. The Morgan fingerprint density at radius 3 is 2.03 bits per heavy atom. The maximum Gasteiger partial charge on any atom is 0.298 e. The highest BCUT2D eigenvalue weighted by atomic mass is 32.2. The maximum atomic E-state index is 12.5. The number of aromatic hydroxyl groups is 1. The summed E-state index contributed by atoms with van der Waals surface area (Å²) in [6.07, 6.45) is 0. The van der Waals surface area contributed by atoms with E-state index in [-0.39, 0.29) is 22.0 Å². The molecule has 1 amide bonds. The molecule has 0 radical (unpaired) electrons. The van der Waals surface area contributed by atoms with E-state index >= 15 is 0 Å². The van der Waals surface area contributed by atoms with Crippen molar-refractivity contribution in [2.45, 2.75) is 9.79 Å². The van der Waals surface area contributed by atoms with Crippen LogP contribution in [-0.4, -0.2) is 37.0 Å². The lowest BCUT2D eigenvalue weighted by Crippen LogP contribution is -2.13. The molecule has 0 saturated carbocycles. The Morgan fingerprint density at radius 2 is 1.48 bits per heavy atom. The average Bonchev–Trinajstić information content (AvgIpc) is 2.61. The van der Waals surface area contributed by atoms with Gasteiger partial charge in [-0.15, -0.1) is 0 Å². The Kier molecular flexibility index (Phi) is 4.96. The normalized spacial score (nSPS) is 12.1. The number of amides is 1. The monoisotopic (exact) mass is 438 g/mol. The van der Waals surface area contributed by atoms with Gasteiger partial charge in [-0.3, -0.25) is 13.9 Å². The lowest BCUT2D eigenvalue weighted by molar-refractivity contribution is 0.102. The minimum atomic E-state index is -4.82. The van der Waals surface area contributed by atoms with Gasteiger partial charge in [-0.25, -0.2) is 0 Å². The summed E-state index contributed by atoms with van der Waals surface area (Å²) in [7, 11) is -9.60. The Hall–Kier alpha value is -3.19. The molecule has 152 valence electrons. The number of carbonyl (C=O) groups excluding carboxylic acids is 1.